The predicted molar refractivity (Wildman–Crippen MR) is 89.5 cm³/mol. The van der Waals surface area contributed by atoms with Crippen LogP contribution in [0.3, 0.4) is 0 Å². The first-order valence-corrected chi connectivity index (χ1v) is 8.70. The number of rotatable bonds is 4. The largest absolute Gasteiger partial charge is 0.392 e. The Morgan fingerprint density at radius 3 is 2.67 bits per heavy atom. The van der Waals surface area contributed by atoms with Gasteiger partial charge in [-0.2, -0.15) is 0 Å². The Bertz CT molecular complexity index is 551. The molecule has 0 radical (unpaired) electrons. The quantitative estimate of drug-likeness (QED) is 0.830. The lowest BCUT2D eigenvalue weighted by Crippen LogP contribution is -2.38. The summed E-state index contributed by atoms with van der Waals surface area (Å²) in [5.74, 6) is 0. The third-order valence-corrected chi connectivity index (χ3v) is 5.37. The summed E-state index contributed by atoms with van der Waals surface area (Å²) in [6.45, 7) is 0.860. The van der Waals surface area contributed by atoms with E-state index in [4.69, 9.17) is 0 Å². The Labute approximate surface area is 130 Å². The van der Waals surface area contributed by atoms with E-state index in [0.717, 1.165) is 25.8 Å². The molecule has 1 aromatic carbocycles. The van der Waals surface area contributed by atoms with Crippen LogP contribution in [-0.4, -0.2) is 17.3 Å². The van der Waals surface area contributed by atoms with E-state index in [1.54, 1.807) is 0 Å². The first-order valence-electron chi connectivity index (χ1n) is 7.88. The lowest BCUT2D eigenvalue weighted by molar-refractivity contribution is 0.119. The van der Waals surface area contributed by atoms with Crippen molar-refractivity contribution in [2.45, 2.75) is 50.8 Å². The van der Waals surface area contributed by atoms with Crippen molar-refractivity contribution in [1.82, 2.24) is 5.32 Å². The molecule has 1 fully saturated rings. The first kappa shape index (κ1) is 14.8. The third-order valence-electron chi connectivity index (χ3n) is 4.24. The Morgan fingerprint density at radius 1 is 1.00 bits per heavy atom. The summed E-state index contributed by atoms with van der Waals surface area (Å²) in [7, 11) is 0. The molecule has 2 aromatic rings. The van der Waals surface area contributed by atoms with E-state index in [1.165, 1.54) is 28.2 Å². The molecule has 3 heteroatoms. The molecule has 0 saturated heterocycles. The van der Waals surface area contributed by atoms with Gasteiger partial charge >= 0.3 is 0 Å². The molecule has 0 bridgehead atoms. The minimum absolute atomic E-state index is 0.180. The fourth-order valence-corrected chi connectivity index (χ4v) is 3.95. The minimum Gasteiger partial charge on any atom is -0.392 e. The SMILES string of the molecule is OC1CCCCCC1NCc1ccc(-c2ccccc2)s1. The highest BCUT2D eigenvalue weighted by atomic mass is 32.1. The molecule has 1 saturated carbocycles. The van der Waals surface area contributed by atoms with Gasteiger partial charge in [0.25, 0.3) is 0 Å². The third kappa shape index (κ3) is 3.94. The molecule has 2 N–H and O–H groups in total. The number of aliphatic hydroxyl groups excluding tert-OH is 1. The second kappa shape index (κ2) is 7.21. The van der Waals surface area contributed by atoms with Crippen molar-refractivity contribution in [3.05, 3.63) is 47.3 Å². The van der Waals surface area contributed by atoms with E-state index in [0.29, 0.717) is 0 Å². The van der Waals surface area contributed by atoms with E-state index in [-0.39, 0.29) is 12.1 Å². The monoisotopic (exact) mass is 301 g/mol. The van der Waals surface area contributed by atoms with Crippen molar-refractivity contribution in [2.24, 2.45) is 0 Å². The van der Waals surface area contributed by atoms with Crippen LogP contribution in [0, 0.1) is 0 Å². The zero-order valence-corrected chi connectivity index (χ0v) is 13.1. The number of hydrogen-bond acceptors (Lipinski definition) is 3. The average Bonchev–Trinajstić information content (AvgIpc) is 2.90. The summed E-state index contributed by atoms with van der Waals surface area (Å²) in [6, 6.07) is 15.2. The molecule has 2 unspecified atom stereocenters. The van der Waals surface area contributed by atoms with Gasteiger partial charge in [0.15, 0.2) is 0 Å². The zero-order valence-electron chi connectivity index (χ0n) is 12.3. The smallest absolute Gasteiger partial charge is 0.0693 e. The molecule has 0 amide bonds. The number of nitrogens with one attached hydrogen (secondary N) is 1. The Morgan fingerprint density at radius 2 is 1.81 bits per heavy atom. The summed E-state index contributed by atoms with van der Waals surface area (Å²) in [5.41, 5.74) is 1.28. The van der Waals surface area contributed by atoms with E-state index in [9.17, 15) is 5.11 Å². The molecule has 0 spiro atoms. The molecule has 112 valence electrons. The summed E-state index contributed by atoms with van der Waals surface area (Å²) >= 11 is 1.84. The average molecular weight is 301 g/mol. The minimum atomic E-state index is -0.180. The van der Waals surface area contributed by atoms with Gasteiger partial charge in [-0.1, -0.05) is 49.6 Å². The van der Waals surface area contributed by atoms with Crippen molar-refractivity contribution in [1.29, 1.82) is 0 Å². The molecule has 2 nitrogen and oxygen atoms in total. The van der Waals surface area contributed by atoms with Crippen LogP contribution in [0.2, 0.25) is 0 Å². The first-order chi connectivity index (χ1) is 10.3. The summed E-state index contributed by atoms with van der Waals surface area (Å²) in [4.78, 5) is 2.65. The molecular weight excluding hydrogens is 278 g/mol. The summed E-state index contributed by atoms with van der Waals surface area (Å²) in [6.07, 6.45) is 5.51. The van der Waals surface area contributed by atoms with Crippen molar-refractivity contribution < 1.29 is 5.11 Å². The second-order valence-corrected chi connectivity index (χ2v) is 6.99. The van der Waals surface area contributed by atoms with Gasteiger partial charge in [0.2, 0.25) is 0 Å². The predicted octanol–water partition coefficient (Wildman–Crippen LogP) is 4.20. The van der Waals surface area contributed by atoms with Crippen LogP contribution in [-0.2, 0) is 6.54 Å². The highest BCUT2D eigenvalue weighted by Gasteiger charge is 2.20. The van der Waals surface area contributed by atoms with Crippen molar-refractivity contribution >= 4 is 11.3 Å². The van der Waals surface area contributed by atoms with Crippen molar-refractivity contribution in [2.75, 3.05) is 0 Å². The molecule has 21 heavy (non-hydrogen) atoms. The van der Waals surface area contributed by atoms with Gasteiger partial charge in [-0.15, -0.1) is 11.3 Å². The number of thiophene rings is 1. The maximum Gasteiger partial charge on any atom is 0.0693 e. The molecule has 3 rings (SSSR count). The molecule has 0 aliphatic heterocycles. The topological polar surface area (TPSA) is 32.3 Å². The molecule has 2 atom stereocenters. The maximum absolute atomic E-state index is 10.2. The summed E-state index contributed by atoms with van der Waals surface area (Å²) < 4.78 is 0. The van der Waals surface area contributed by atoms with Gasteiger partial charge < -0.3 is 10.4 Å². The lowest BCUT2D eigenvalue weighted by Gasteiger charge is -2.21. The molecular formula is C18H23NOS. The van der Waals surface area contributed by atoms with Crippen LogP contribution in [0.1, 0.15) is 37.0 Å². The lowest BCUT2D eigenvalue weighted by atomic mass is 10.1. The van der Waals surface area contributed by atoms with E-state index in [1.807, 2.05) is 17.4 Å². The number of benzene rings is 1. The van der Waals surface area contributed by atoms with Crippen LogP contribution in [0.4, 0.5) is 0 Å². The van der Waals surface area contributed by atoms with Crippen molar-refractivity contribution in [3.8, 4) is 10.4 Å². The zero-order chi connectivity index (χ0) is 14.5. The highest BCUT2D eigenvalue weighted by molar-refractivity contribution is 7.15. The molecule has 1 aliphatic rings. The van der Waals surface area contributed by atoms with E-state index in [2.05, 4.69) is 41.7 Å². The van der Waals surface area contributed by atoms with Crippen LogP contribution in [0.5, 0.6) is 0 Å². The van der Waals surface area contributed by atoms with E-state index >= 15 is 0 Å². The van der Waals surface area contributed by atoms with Gasteiger partial charge in [-0.3, -0.25) is 0 Å². The van der Waals surface area contributed by atoms with Crippen LogP contribution in [0.15, 0.2) is 42.5 Å². The standard InChI is InChI=1S/C18H23NOS/c20-17-10-6-2-5-9-16(17)19-13-15-11-12-18(21-15)14-7-3-1-4-8-14/h1,3-4,7-8,11-12,16-17,19-20H,2,5-6,9-10,13H2. The molecule has 1 heterocycles. The maximum atomic E-state index is 10.2. The summed E-state index contributed by atoms with van der Waals surface area (Å²) in [5, 5.41) is 13.7. The second-order valence-electron chi connectivity index (χ2n) is 5.82. The molecule has 1 aliphatic carbocycles. The molecule has 1 aromatic heterocycles. The van der Waals surface area contributed by atoms with Crippen LogP contribution in [0.25, 0.3) is 10.4 Å². The van der Waals surface area contributed by atoms with Gasteiger partial charge in [0.05, 0.1) is 6.10 Å². The normalized spacial score (nSPS) is 22.9. The fourth-order valence-electron chi connectivity index (χ4n) is 2.99. The van der Waals surface area contributed by atoms with Crippen molar-refractivity contribution in [3.63, 3.8) is 0 Å². The van der Waals surface area contributed by atoms with Gasteiger partial charge in [-0.05, 0) is 30.5 Å². The highest BCUT2D eigenvalue weighted by Crippen LogP contribution is 2.28. The number of aliphatic hydroxyl groups is 1. The Kier molecular flexibility index (Phi) is 5.07. The number of hydrogen-bond donors (Lipinski definition) is 2. The van der Waals surface area contributed by atoms with Gasteiger partial charge in [-0.25, -0.2) is 0 Å². The van der Waals surface area contributed by atoms with Gasteiger partial charge in [0.1, 0.15) is 0 Å². The Hall–Kier alpha value is -1.16. The fraction of sp³-hybridized carbons (Fsp3) is 0.444. The Balaban J connectivity index is 1.60. The van der Waals surface area contributed by atoms with E-state index < -0.39 is 0 Å². The van der Waals surface area contributed by atoms with Crippen LogP contribution >= 0.6 is 11.3 Å². The van der Waals surface area contributed by atoms with Gasteiger partial charge in [0, 0.05) is 22.3 Å². The van der Waals surface area contributed by atoms with Crippen LogP contribution < -0.4 is 5.32 Å².